The number of rotatable bonds is 5. The molecule has 0 bridgehead atoms. The van der Waals surface area contributed by atoms with E-state index in [4.69, 9.17) is 0 Å². The van der Waals surface area contributed by atoms with Gasteiger partial charge in [-0.25, -0.2) is 4.98 Å². The first kappa shape index (κ1) is 21.0. The summed E-state index contributed by atoms with van der Waals surface area (Å²) < 4.78 is 1.20. The molecule has 0 saturated carbocycles. The van der Waals surface area contributed by atoms with Crippen molar-refractivity contribution in [3.8, 4) is 11.1 Å². The minimum Gasteiger partial charge on any atom is -0.355 e. The van der Waals surface area contributed by atoms with Crippen LogP contribution in [0.5, 0.6) is 0 Å². The minimum atomic E-state index is 0.840. The number of hydrogen-bond donors (Lipinski definition) is 2. The van der Waals surface area contributed by atoms with Crippen LogP contribution in [0, 0.1) is 11.8 Å². The van der Waals surface area contributed by atoms with E-state index in [0.29, 0.717) is 0 Å². The summed E-state index contributed by atoms with van der Waals surface area (Å²) in [5.41, 5.74) is 9.82. The minimum absolute atomic E-state index is 0.840. The molecule has 2 aliphatic rings. The summed E-state index contributed by atoms with van der Waals surface area (Å²) in [6.07, 6.45) is 1.86. The molecule has 35 heavy (non-hydrogen) atoms. The summed E-state index contributed by atoms with van der Waals surface area (Å²) in [4.78, 5) is 11.7. The molecule has 5 aromatic rings. The lowest BCUT2D eigenvalue weighted by molar-refractivity contribution is 0.305. The van der Waals surface area contributed by atoms with Crippen LogP contribution in [0.3, 0.4) is 0 Å². The van der Waals surface area contributed by atoms with Crippen LogP contribution in [-0.2, 0) is 6.54 Å². The second-order valence-electron chi connectivity index (χ2n) is 9.82. The lowest BCUT2D eigenvalue weighted by atomic mass is 10.0. The lowest BCUT2D eigenvalue weighted by Crippen LogP contribution is -2.25. The van der Waals surface area contributed by atoms with Gasteiger partial charge in [-0.05, 0) is 78.0 Å². The molecule has 0 spiro atoms. The van der Waals surface area contributed by atoms with E-state index in [-0.39, 0.29) is 0 Å². The zero-order chi connectivity index (χ0) is 23.2. The highest BCUT2D eigenvalue weighted by atomic mass is 32.1. The van der Waals surface area contributed by atoms with Crippen molar-refractivity contribution >= 4 is 43.8 Å². The van der Waals surface area contributed by atoms with Crippen molar-refractivity contribution in [3.63, 3.8) is 0 Å². The SMILES string of the molecule is c1cc(Nc2ccc3scnc3c2)c2cc(-c3ccc(CN4CC5CNCC5C4)cc3)ccc2n1. The average molecular weight is 478 g/mol. The number of aromatic nitrogens is 2. The topological polar surface area (TPSA) is 53.1 Å². The van der Waals surface area contributed by atoms with E-state index in [1.807, 2.05) is 17.8 Å². The molecule has 174 valence electrons. The number of hydrogen-bond acceptors (Lipinski definition) is 6. The first-order valence-corrected chi connectivity index (χ1v) is 13.2. The number of anilines is 2. The predicted octanol–water partition coefficient (Wildman–Crippen LogP) is 5.91. The second kappa shape index (κ2) is 8.72. The fraction of sp³-hybridized carbons (Fsp3) is 0.241. The molecule has 3 aromatic carbocycles. The Hall–Kier alpha value is -3.32. The van der Waals surface area contributed by atoms with Crippen LogP contribution in [-0.4, -0.2) is 41.0 Å². The van der Waals surface area contributed by atoms with Crippen molar-refractivity contribution in [2.24, 2.45) is 11.8 Å². The highest BCUT2D eigenvalue weighted by Gasteiger charge is 2.35. The molecule has 2 aromatic heterocycles. The van der Waals surface area contributed by atoms with Crippen LogP contribution in [0.1, 0.15) is 5.56 Å². The van der Waals surface area contributed by atoms with Crippen LogP contribution >= 0.6 is 11.3 Å². The van der Waals surface area contributed by atoms with Crippen molar-refractivity contribution in [2.75, 3.05) is 31.5 Å². The first-order chi connectivity index (χ1) is 17.3. The summed E-state index contributed by atoms with van der Waals surface area (Å²) in [6, 6.07) is 24.0. The summed E-state index contributed by atoms with van der Waals surface area (Å²) >= 11 is 1.66. The van der Waals surface area contributed by atoms with E-state index >= 15 is 0 Å². The van der Waals surface area contributed by atoms with Gasteiger partial charge < -0.3 is 10.6 Å². The molecule has 7 rings (SSSR count). The first-order valence-electron chi connectivity index (χ1n) is 12.3. The summed E-state index contributed by atoms with van der Waals surface area (Å²) in [6.45, 7) is 5.87. The second-order valence-corrected chi connectivity index (χ2v) is 10.7. The van der Waals surface area contributed by atoms with E-state index in [2.05, 4.69) is 86.2 Å². The number of fused-ring (bicyclic) bond motifs is 3. The largest absolute Gasteiger partial charge is 0.355 e. The molecule has 0 amide bonds. The highest BCUT2D eigenvalue weighted by Crippen LogP contribution is 2.32. The van der Waals surface area contributed by atoms with Crippen LogP contribution in [0.25, 0.3) is 32.2 Å². The third-order valence-corrected chi connectivity index (χ3v) is 8.32. The van der Waals surface area contributed by atoms with Gasteiger partial charge >= 0.3 is 0 Å². The normalized spacial score (nSPS) is 20.0. The van der Waals surface area contributed by atoms with Gasteiger partial charge in [0.25, 0.3) is 0 Å². The lowest BCUT2D eigenvalue weighted by Gasteiger charge is -2.17. The Labute approximate surface area is 208 Å². The molecular weight excluding hydrogens is 450 g/mol. The number of benzene rings is 3. The molecule has 6 heteroatoms. The standard InChI is InChI=1S/C29H27N5S/c1-3-20(4-2-19(1)15-34-16-22-13-30-14-23(22)17-34)21-5-7-26-25(11-21)27(9-10-31-26)33-24-6-8-29-28(12-24)32-18-35-29/h1-12,18,22-23,30H,13-17H2,(H,31,33). The molecule has 2 atom stereocenters. The van der Waals surface area contributed by atoms with Gasteiger partial charge in [0.2, 0.25) is 0 Å². The highest BCUT2D eigenvalue weighted by molar-refractivity contribution is 7.16. The van der Waals surface area contributed by atoms with E-state index in [1.54, 1.807) is 11.3 Å². The third-order valence-electron chi connectivity index (χ3n) is 7.51. The zero-order valence-corrected chi connectivity index (χ0v) is 20.3. The Morgan fingerprint density at radius 1 is 0.857 bits per heavy atom. The van der Waals surface area contributed by atoms with E-state index in [1.165, 1.54) is 47.6 Å². The number of nitrogens with one attached hydrogen (secondary N) is 2. The van der Waals surface area contributed by atoms with Crippen LogP contribution in [0.4, 0.5) is 11.4 Å². The third kappa shape index (κ3) is 4.08. The molecular formula is C29H27N5S. The van der Waals surface area contributed by atoms with Gasteiger partial charge in [0.05, 0.1) is 21.2 Å². The summed E-state index contributed by atoms with van der Waals surface area (Å²) in [7, 11) is 0. The fourth-order valence-corrected chi connectivity index (χ4v) is 6.33. The van der Waals surface area contributed by atoms with Crippen molar-refractivity contribution in [1.29, 1.82) is 0 Å². The number of nitrogens with zero attached hydrogens (tertiary/aromatic N) is 3. The fourth-order valence-electron chi connectivity index (χ4n) is 5.67. The zero-order valence-electron chi connectivity index (χ0n) is 19.4. The van der Waals surface area contributed by atoms with Crippen LogP contribution in [0.15, 0.2) is 78.4 Å². The van der Waals surface area contributed by atoms with Crippen molar-refractivity contribution in [2.45, 2.75) is 6.54 Å². The predicted molar refractivity (Wildman–Crippen MR) is 145 cm³/mol. The molecule has 2 fully saturated rings. The molecule has 0 aliphatic carbocycles. The molecule has 4 heterocycles. The smallest absolute Gasteiger partial charge is 0.0832 e. The van der Waals surface area contributed by atoms with Gasteiger partial charge in [-0.1, -0.05) is 30.3 Å². The Bertz CT molecular complexity index is 1500. The Kier molecular flexibility index (Phi) is 5.23. The van der Waals surface area contributed by atoms with E-state index in [0.717, 1.165) is 46.2 Å². The molecule has 2 aliphatic heterocycles. The van der Waals surface area contributed by atoms with Gasteiger partial charge in [-0.2, -0.15) is 0 Å². The van der Waals surface area contributed by atoms with E-state index < -0.39 is 0 Å². The number of pyridine rings is 1. The Morgan fingerprint density at radius 3 is 2.54 bits per heavy atom. The molecule has 5 nitrogen and oxygen atoms in total. The Balaban J connectivity index is 1.13. The Morgan fingerprint density at radius 2 is 1.69 bits per heavy atom. The summed E-state index contributed by atoms with van der Waals surface area (Å²) in [5.74, 6) is 1.68. The van der Waals surface area contributed by atoms with Gasteiger partial charge in [0.1, 0.15) is 0 Å². The van der Waals surface area contributed by atoms with E-state index in [9.17, 15) is 0 Å². The molecule has 2 N–H and O–H groups in total. The van der Waals surface area contributed by atoms with Crippen molar-refractivity contribution in [1.82, 2.24) is 20.2 Å². The molecule has 2 unspecified atom stereocenters. The monoisotopic (exact) mass is 477 g/mol. The maximum absolute atomic E-state index is 4.59. The quantitative estimate of drug-likeness (QED) is 0.330. The van der Waals surface area contributed by atoms with Gasteiger partial charge in [-0.3, -0.25) is 9.88 Å². The van der Waals surface area contributed by atoms with Crippen molar-refractivity contribution < 1.29 is 0 Å². The van der Waals surface area contributed by atoms with Gasteiger partial charge in [0, 0.05) is 42.6 Å². The van der Waals surface area contributed by atoms with Crippen molar-refractivity contribution in [3.05, 3.63) is 84.0 Å². The summed E-state index contributed by atoms with van der Waals surface area (Å²) in [5, 5.41) is 8.24. The number of likely N-dealkylation sites (tertiary alicyclic amines) is 1. The molecule has 2 saturated heterocycles. The van der Waals surface area contributed by atoms with Crippen LogP contribution in [0.2, 0.25) is 0 Å². The maximum atomic E-state index is 4.59. The molecule has 0 radical (unpaired) electrons. The average Bonchev–Trinajstić information content (AvgIpc) is 3.61. The van der Waals surface area contributed by atoms with Crippen LogP contribution < -0.4 is 10.6 Å². The maximum Gasteiger partial charge on any atom is 0.0832 e. The van der Waals surface area contributed by atoms with Gasteiger partial charge in [-0.15, -0.1) is 11.3 Å². The van der Waals surface area contributed by atoms with Gasteiger partial charge in [0.15, 0.2) is 0 Å². The number of thiazole rings is 1.